The fraction of sp³-hybridized carbons (Fsp3) is 0.667. The second kappa shape index (κ2) is 11.1. The lowest BCUT2D eigenvalue weighted by molar-refractivity contribution is 0.0227. The summed E-state index contributed by atoms with van der Waals surface area (Å²) in [6.07, 6.45) is 11.8. The SMILES string of the molecule is COc1cc(O)c2c(c1)C[C@@H](CCCCCCCCCCCO)OC2=O. The summed E-state index contributed by atoms with van der Waals surface area (Å²) >= 11 is 0. The van der Waals surface area contributed by atoms with Crippen molar-refractivity contribution in [1.82, 2.24) is 0 Å². The summed E-state index contributed by atoms with van der Waals surface area (Å²) in [4.78, 5) is 12.2. The minimum atomic E-state index is -0.431. The Hall–Kier alpha value is -1.75. The molecule has 146 valence electrons. The van der Waals surface area contributed by atoms with Gasteiger partial charge in [0.1, 0.15) is 23.2 Å². The number of carbonyl (C=O) groups excluding carboxylic acids is 1. The lowest BCUT2D eigenvalue weighted by Crippen LogP contribution is -2.27. The van der Waals surface area contributed by atoms with Gasteiger partial charge in [-0.25, -0.2) is 4.79 Å². The van der Waals surface area contributed by atoms with Crippen molar-refractivity contribution in [2.75, 3.05) is 13.7 Å². The third-order valence-electron chi connectivity index (χ3n) is 5.02. The van der Waals surface area contributed by atoms with Crippen LogP contribution in [0.2, 0.25) is 0 Å². The van der Waals surface area contributed by atoms with Gasteiger partial charge in [0.05, 0.1) is 7.11 Å². The number of esters is 1. The van der Waals surface area contributed by atoms with E-state index in [0.29, 0.717) is 18.8 Å². The van der Waals surface area contributed by atoms with Crippen molar-refractivity contribution in [3.05, 3.63) is 23.3 Å². The molecule has 0 fully saturated rings. The summed E-state index contributed by atoms with van der Waals surface area (Å²) in [6.45, 7) is 0.308. The molecular weight excluding hydrogens is 332 g/mol. The molecular formula is C21H32O5. The lowest BCUT2D eigenvalue weighted by atomic mass is 9.94. The second-order valence-electron chi connectivity index (χ2n) is 7.11. The van der Waals surface area contributed by atoms with E-state index < -0.39 is 5.97 Å². The number of carbonyl (C=O) groups is 1. The molecule has 1 aromatic rings. The first-order valence-electron chi connectivity index (χ1n) is 9.87. The Balaban J connectivity index is 1.66. The number of aliphatic hydroxyl groups excluding tert-OH is 1. The molecule has 26 heavy (non-hydrogen) atoms. The molecule has 5 heteroatoms. The van der Waals surface area contributed by atoms with Crippen LogP contribution in [0.4, 0.5) is 0 Å². The second-order valence-corrected chi connectivity index (χ2v) is 7.11. The number of methoxy groups -OCH3 is 1. The molecule has 0 bridgehead atoms. The molecule has 2 rings (SSSR count). The van der Waals surface area contributed by atoms with E-state index in [4.69, 9.17) is 14.6 Å². The molecule has 0 spiro atoms. The minimum Gasteiger partial charge on any atom is -0.507 e. The Morgan fingerprint density at radius 3 is 2.27 bits per heavy atom. The average Bonchev–Trinajstić information content (AvgIpc) is 2.62. The molecule has 0 aliphatic carbocycles. The lowest BCUT2D eigenvalue weighted by Gasteiger charge is -2.25. The van der Waals surface area contributed by atoms with Crippen molar-refractivity contribution in [3.8, 4) is 11.5 Å². The number of ether oxygens (including phenoxy) is 2. The quantitative estimate of drug-likeness (QED) is 0.425. The molecule has 5 nitrogen and oxygen atoms in total. The van der Waals surface area contributed by atoms with Crippen LogP contribution < -0.4 is 4.74 Å². The molecule has 0 amide bonds. The van der Waals surface area contributed by atoms with Gasteiger partial charge in [0, 0.05) is 19.1 Å². The molecule has 0 saturated heterocycles. The van der Waals surface area contributed by atoms with E-state index in [9.17, 15) is 9.90 Å². The van der Waals surface area contributed by atoms with Crippen LogP contribution in [-0.4, -0.2) is 36.0 Å². The maximum absolute atomic E-state index is 12.2. The zero-order valence-corrected chi connectivity index (χ0v) is 15.8. The number of unbranched alkanes of at least 4 members (excludes halogenated alkanes) is 8. The maximum atomic E-state index is 12.2. The summed E-state index contributed by atoms with van der Waals surface area (Å²) in [6, 6.07) is 3.27. The van der Waals surface area contributed by atoms with E-state index >= 15 is 0 Å². The van der Waals surface area contributed by atoms with Crippen LogP contribution >= 0.6 is 0 Å². The molecule has 2 N–H and O–H groups in total. The van der Waals surface area contributed by atoms with E-state index in [1.807, 2.05) is 6.07 Å². The van der Waals surface area contributed by atoms with Gasteiger partial charge in [0.25, 0.3) is 0 Å². The summed E-state index contributed by atoms with van der Waals surface area (Å²) in [5.74, 6) is 0.0646. The molecule has 1 heterocycles. The summed E-state index contributed by atoms with van der Waals surface area (Å²) in [7, 11) is 1.55. The summed E-state index contributed by atoms with van der Waals surface area (Å²) in [5, 5.41) is 18.7. The molecule has 0 saturated carbocycles. The third kappa shape index (κ3) is 6.20. The Kier molecular flexibility index (Phi) is 8.75. The van der Waals surface area contributed by atoms with Gasteiger partial charge in [-0.05, 0) is 30.9 Å². The molecule has 0 radical (unpaired) electrons. The van der Waals surface area contributed by atoms with E-state index in [2.05, 4.69) is 0 Å². The number of fused-ring (bicyclic) bond motifs is 1. The maximum Gasteiger partial charge on any atom is 0.342 e. The average molecular weight is 364 g/mol. The van der Waals surface area contributed by atoms with E-state index in [1.54, 1.807) is 7.11 Å². The fourth-order valence-corrected chi connectivity index (χ4v) is 3.55. The van der Waals surface area contributed by atoms with Crippen molar-refractivity contribution in [2.45, 2.75) is 76.7 Å². The monoisotopic (exact) mass is 364 g/mol. The van der Waals surface area contributed by atoms with Crippen molar-refractivity contribution in [1.29, 1.82) is 0 Å². The van der Waals surface area contributed by atoms with Crippen molar-refractivity contribution >= 4 is 5.97 Å². The number of aromatic hydroxyl groups is 1. The topological polar surface area (TPSA) is 76.0 Å². The highest BCUT2D eigenvalue weighted by atomic mass is 16.5. The van der Waals surface area contributed by atoms with Gasteiger partial charge in [-0.15, -0.1) is 0 Å². The summed E-state index contributed by atoms with van der Waals surface area (Å²) < 4.78 is 10.7. The number of phenols is 1. The first-order valence-corrected chi connectivity index (χ1v) is 9.87. The standard InChI is InChI=1S/C21H32O5/c1-25-18-14-16-13-17(26-21(24)20(16)19(23)15-18)11-9-7-5-3-2-4-6-8-10-12-22/h14-15,17,22-23H,2-13H2,1H3/t17-/m1/s1. The Morgan fingerprint density at radius 2 is 1.65 bits per heavy atom. The van der Waals surface area contributed by atoms with Gasteiger partial charge >= 0.3 is 5.97 Å². The van der Waals surface area contributed by atoms with Crippen LogP contribution in [0.3, 0.4) is 0 Å². The first-order chi connectivity index (χ1) is 12.7. The predicted octanol–water partition coefficient (Wildman–Crippen LogP) is 4.38. The normalized spacial score (nSPS) is 16.2. The highest BCUT2D eigenvalue weighted by Crippen LogP contribution is 2.33. The van der Waals surface area contributed by atoms with Crippen molar-refractivity contribution < 1.29 is 24.5 Å². The molecule has 1 aliphatic heterocycles. The van der Waals surface area contributed by atoms with E-state index in [1.165, 1.54) is 38.2 Å². The van der Waals surface area contributed by atoms with Crippen molar-refractivity contribution in [3.63, 3.8) is 0 Å². The van der Waals surface area contributed by atoms with Gasteiger partial charge in [0.15, 0.2) is 0 Å². The zero-order chi connectivity index (χ0) is 18.8. The molecule has 1 atom stereocenters. The molecule has 0 unspecified atom stereocenters. The molecule has 1 aromatic carbocycles. The van der Waals surface area contributed by atoms with E-state index in [-0.39, 0.29) is 17.4 Å². The Labute approximate surface area is 156 Å². The molecule has 1 aliphatic rings. The van der Waals surface area contributed by atoms with Crippen LogP contribution in [0.5, 0.6) is 11.5 Å². The van der Waals surface area contributed by atoms with Gasteiger partial charge in [-0.3, -0.25) is 0 Å². The number of hydrogen-bond acceptors (Lipinski definition) is 5. The summed E-state index contributed by atoms with van der Waals surface area (Å²) in [5.41, 5.74) is 1.09. The van der Waals surface area contributed by atoms with Gasteiger partial charge < -0.3 is 19.7 Å². The van der Waals surface area contributed by atoms with Gasteiger partial charge in [-0.2, -0.15) is 0 Å². The van der Waals surface area contributed by atoms with Crippen LogP contribution in [0.25, 0.3) is 0 Å². The Morgan fingerprint density at radius 1 is 1.04 bits per heavy atom. The zero-order valence-electron chi connectivity index (χ0n) is 15.8. The molecule has 0 aromatic heterocycles. The number of aliphatic hydroxyl groups is 1. The highest BCUT2D eigenvalue weighted by molar-refractivity contribution is 5.95. The van der Waals surface area contributed by atoms with Gasteiger partial charge in [-0.1, -0.05) is 44.9 Å². The largest absolute Gasteiger partial charge is 0.507 e. The fourth-order valence-electron chi connectivity index (χ4n) is 3.55. The number of cyclic esters (lactones) is 1. The van der Waals surface area contributed by atoms with Crippen LogP contribution in [0.15, 0.2) is 12.1 Å². The number of rotatable bonds is 12. The highest BCUT2D eigenvalue weighted by Gasteiger charge is 2.29. The minimum absolute atomic E-state index is 0.0678. The predicted molar refractivity (Wildman–Crippen MR) is 101 cm³/mol. The van der Waals surface area contributed by atoms with Crippen LogP contribution in [-0.2, 0) is 11.2 Å². The van der Waals surface area contributed by atoms with Crippen LogP contribution in [0, 0.1) is 0 Å². The first kappa shape index (κ1) is 20.6. The van der Waals surface area contributed by atoms with Gasteiger partial charge in [0.2, 0.25) is 0 Å². The number of phenolic OH excluding ortho intramolecular Hbond substituents is 1. The third-order valence-corrected chi connectivity index (χ3v) is 5.02. The number of hydrogen-bond donors (Lipinski definition) is 2. The van der Waals surface area contributed by atoms with Crippen LogP contribution in [0.1, 0.15) is 80.1 Å². The Bertz CT molecular complexity index is 570. The van der Waals surface area contributed by atoms with Crippen molar-refractivity contribution in [2.24, 2.45) is 0 Å². The van der Waals surface area contributed by atoms with E-state index in [0.717, 1.165) is 37.7 Å². The smallest absolute Gasteiger partial charge is 0.342 e. The number of benzene rings is 1.